The average Bonchev–Trinajstić information content (AvgIpc) is 2.92. The van der Waals surface area contributed by atoms with Gasteiger partial charge >= 0.3 is 6.09 Å². The quantitative estimate of drug-likeness (QED) is 0.714. The number of anilines is 1. The van der Waals surface area contributed by atoms with E-state index in [0.29, 0.717) is 26.3 Å². The van der Waals surface area contributed by atoms with Crippen molar-refractivity contribution in [2.24, 2.45) is 0 Å². The highest BCUT2D eigenvalue weighted by Gasteiger charge is 2.24. The van der Waals surface area contributed by atoms with Crippen molar-refractivity contribution >= 4 is 52.2 Å². The van der Waals surface area contributed by atoms with E-state index in [2.05, 4.69) is 4.98 Å². The zero-order valence-corrected chi connectivity index (χ0v) is 16.2. The molecule has 0 radical (unpaired) electrons. The van der Waals surface area contributed by atoms with Crippen LogP contribution in [0.4, 0.5) is 10.5 Å². The third-order valence-corrected chi connectivity index (χ3v) is 4.98. The summed E-state index contributed by atoms with van der Waals surface area (Å²) in [6, 6.07) is 5.03. The van der Waals surface area contributed by atoms with Gasteiger partial charge in [-0.2, -0.15) is 0 Å². The van der Waals surface area contributed by atoms with Crippen molar-refractivity contribution in [3.8, 4) is 5.75 Å². The Morgan fingerprint density at radius 1 is 1.32 bits per heavy atom. The van der Waals surface area contributed by atoms with Gasteiger partial charge in [0.25, 0.3) is 0 Å². The molecule has 1 heterocycles. The Labute approximate surface area is 159 Å². The van der Waals surface area contributed by atoms with Gasteiger partial charge in [-0.3, -0.25) is 4.79 Å². The number of aryl methyl sites for hydroxylation is 1. The highest BCUT2D eigenvalue weighted by Crippen LogP contribution is 2.30. The molecule has 0 saturated carbocycles. The van der Waals surface area contributed by atoms with Crippen LogP contribution in [-0.4, -0.2) is 24.1 Å². The summed E-state index contributed by atoms with van der Waals surface area (Å²) < 4.78 is 10.8. The Kier molecular flexibility index (Phi) is 6.64. The third-order valence-electron chi connectivity index (χ3n) is 3.27. The molecule has 0 aliphatic heterocycles. The fraction of sp³-hybridized carbons (Fsp3) is 0.312. The van der Waals surface area contributed by atoms with Crippen molar-refractivity contribution in [3.63, 3.8) is 0 Å². The number of methoxy groups -OCH3 is 1. The molecule has 2 rings (SSSR count). The topological polar surface area (TPSA) is 68.7 Å². The molecule has 2 amide bonds. The smallest absolute Gasteiger partial charge is 0.420 e. The second-order valence-electron chi connectivity index (χ2n) is 4.96. The van der Waals surface area contributed by atoms with Crippen molar-refractivity contribution in [2.45, 2.75) is 26.9 Å². The predicted octanol–water partition coefficient (Wildman–Crippen LogP) is 4.85. The Morgan fingerprint density at radius 2 is 2.04 bits per heavy atom. The number of ether oxygens (including phenoxy) is 2. The molecule has 0 aliphatic rings. The van der Waals surface area contributed by atoms with E-state index in [0.717, 1.165) is 4.90 Å². The van der Waals surface area contributed by atoms with Crippen LogP contribution < -0.4 is 9.64 Å². The van der Waals surface area contributed by atoms with Crippen LogP contribution in [0.3, 0.4) is 0 Å². The first kappa shape index (κ1) is 19.5. The fourth-order valence-electron chi connectivity index (χ4n) is 2.08. The highest BCUT2D eigenvalue weighted by molar-refractivity contribution is 7.16. The lowest BCUT2D eigenvalue weighted by Crippen LogP contribution is -2.36. The summed E-state index contributed by atoms with van der Waals surface area (Å²) in [5.74, 6) is 0.216. The number of thiazole rings is 1. The number of rotatable bonds is 5. The Morgan fingerprint density at radius 3 is 2.56 bits per heavy atom. The molecular formula is C16H16Cl2N2O4S. The number of halogens is 2. The Hall–Kier alpha value is -1.83. The van der Waals surface area contributed by atoms with E-state index in [1.165, 1.54) is 18.4 Å². The van der Waals surface area contributed by atoms with Crippen LogP contribution in [-0.2, 0) is 16.1 Å². The van der Waals surface area contributed by atoms with Gasteiger partial charge in [0.05, 0.1) is 12.8 Å². The van der Waals surface area contributed by atoms with Crippen LogP contribution in [0.1, 0.15) is 23.9 Å². The van der Waals surface area contributed by atoms with E-state index in [1.807, 2.05) is 0 Å². The molecular weight excluding hydrogens is 387 g/mol. The van der Waals surface area contributed by atoms with Crippen molar-refractivity contribution in [2.75, 3.05) is 12.0 Å². The summed E-state index contributed by atoms with van der Waals surface area (Å²) in [4.78, 5) is 29.1. The van der Waals surface area contributed by atoms with E-state index in [-0.39, 0.29) is 24.1 Å². The number of hydrogen-bond donors (Lipinski definition) is 0. The maximum atomic E-state index is 12.1. The second kappa shape index (κ2) is 8.51. The van der Waals surface area contributed by atoms with Gasteiger partial charge in [0.2, 0.25) is 5.91 Å². The molecule has 1 aromatic carbocycles. The molecule has 0 aliphatic carbocycles. The molecule has 0 saturated heterocycles. The minimum absolute atomic E-state index is 0.179. The molecule has 2 aromatic rings. The molecule has 0 fully saturated rings. The number of hydrogen-bond acceptors (Lipinski definition) is 6. The van der Waals surface area contributed by atoms with Crippen LogP contribution in [0.2, 0.25) is 9.49 Å². The average molecular weight is 403 g/mol. The van der Waals surface area contributed by atoms with Gasteiger partial charge in [0.1, 0.15) is 21.7 Å². The van der Waals surface area contributed by atoms with Gasteiger partial charge in [-0.05, 0) is 30.7 Å². The van der Waals surface area contributed by atoms with Gasteiger partial charge < -0.3 is 9.47 Å². The van der Waals surface area contributed by atoms with Gasteiger partial charge in [-0.1, -0.05) is 30.1 Å². The molecule has 134 valence electrons. The summed E-state index contributed by atoms with van der Waals surface area (Å²) >= 11 is 12.9. The molecule has 9 heteroatoms. The lowest BCUT2D eigenvalue weighted by Gasteiger charge is -2.21. The number of carbonyl (C=O) groups is 2. The van der Waals surface area contributed by atoms with E-state index < -0.39 is 6.09 Å². The second-order valence-corrected chi connectivity index (χ2v) is 7.01. The summed E-state index contributed by atoms with van der Waals surface area (Å²) in [5, 5.41) is 0.901. The minimum Gasteiger partial charge on any atom is -0.486 e. The third kappa shape index (κ3) is 4.62. The standard InChI is InChI=1S/C16H16Cl2N2O4S/c1-4-13(21)20(16(22)23-3)11-6-5-10(7-9(11)2)24-8-12-19-14(17)15(18)25-12/h5-7H,4,8H2,1-3H3. The van der Waals surface area contributed by atoms with Crippen molar-refractivity contribution in [1.82, 2.24) is 4.98 Å². The maximum absolute atomic E-state index is 12.1. The minimum atomic E-state index is -0.726. The zero-order valence-electron chi connectivity index (χ0n) is 13.8. The van der Waals surface area contributed by atoms with E-state index in [9.17, 15) is 9.59 Å². The number of aromatic nitrogens is 1. The van der Waals surface area contributed by atoms with Gasteiger partial charge in [0.15, 0.2) is 5.15 Å². The molecule has 25 heavy (non-hydrogen) atoms. The van der Waals surface area contributed by atoms with Gasteiger partial charge in [0, 0.05) is 6.42 Å². The number of nitrogens with zero attached hydrogens (tertiary/aromatic N) is 2. The lowest BCUT2D eigenvalue weighted by molar-refractivity contribution is -0.117. The Balaban J connectivity index is 2.18. The summed E-state index contributed by atoms with van der Waals surface area (Å²) in [6.45, 7) is 3.66. The fourth-order valence-corrected chi connectivity index (χ4v) is 3.25. The summed E-state index contributed by atoms with van der Waals surface area (Å²) in [6.07, 6.45) is -0.547. The van der Waals surface area contributed by atoms with Crippen LogP contribution in [0.25, 0.3) is 0 Å². The summed E-state index contributed by atoms with van der Waals surface area (Å²) in [5.41, 5.74) is 1.14. The number of benzene rings is 1. The van der Waals surface area contributed by atoms with Crippen LogP contribution in [0.5, 0.6) is 5.75 Å². The zero-order chi connectivity index (χ0) is 18.6. The maximum Gasteiger partial charge on any atom is 0.420 e. The van der Waals surface area contributed by atoms with Gasteiger partial charge in [-0.15, -0.1) is 11.3 Å². The molecule has 0 bridgehead atoms. The molecule has 6 nitrogen and oxygen atoms in total. The summed E-state index contributed by atoms with van der Waals surface area (Å²) in [7, 11) is 1.23. The first-order valence-electron chi connectivity index (χ1n) is 7.32. The number of amides is 2. The normalized spacial score (nSPS) is 10.4. The highest BCUT2D eigenvalue weighted by atomic mass is 35.5. The molecule has 0 N–H and O–H groups in total. The first-order chi connectivity index (χ1) is 11.9. The molecule has 0 atom stereocenters. The first-order valence-corrected chi connectivity index (χ1v) is 8.89. The van der Waals surface area contributed by atoms with E-state index >= 15 is 0 Å². The lowest BCUT2D eigenvalue weighted by atomic mass is 10.1. The molecule has 0 unspecified atom stereocenters. The van der Waals surface area contributed by atoms with Crippen molar-refractivity contribution < 1.29 is 19.1 Å². The van der Waals surface area contributed by atoms with Crippen LogP contribution in [0, 0.1) is 6.92 Å². The van der Waals surface area contributed by atoms with E-state index in [1.54, 1.807) is 32.0 Å². The van der Waals surface area contributed by atoms with E-state index in [4.69, 9.17) is 32.7 Å². The SMILES string of the molecule is CCC(=O)N(C(=O)OC)c1ccc(OCc2nc(Cl)c(Cl)s2)cc1C. The van der Waals surface area contributed by atoms with Gasteiger partial charge in [-0.25, -0.2) is 14.7 Å². The predicted molar refractivity (Wildman–Crippen MR) is 97.8 cm³/mol. The largest absolute Gasteiger partial charge is 0.486 e. The molecule has 0 spiro atoms. The number of imide groups is 1. The van der Waals surface area contributed by atoms with Crippen LogP contribution in [0.15, 0.2) is 18.2 Å². The number of carbonyl (C=O) groups excluding carboxylic acids is 2. The monoisotopic (exact) mass is 402 g/mol. The Bertz CT molecular complexity index is 759. The van der Waals surface area contributed by atoms with Crippen molar-refractivity contribution in [3.05, 3.63) is 38.3 Å². The molecule has 1 aromatic heterocycles. The van der Waals surface area contributed by atoms with Crippen LogP contribution >= 0.6 is 34.5 Å². The van der Waals surface area contributed by atoms with Crippen molar-refractivity contribution in [1.29, 1.82) is 0 Å².